The minimum absolute atomic E-state index is 0.0396. The fraction of sp³-hybridized carbons (Fsp3) is 0.273. The fourth-order valence-electron chi connectivity index (χ4n) is 2.99. The number of rotatable bonds is 7. The summed E-state index contributed by atoms with van der Waals surface area (Å²) < 4.78 is 21.5. The molecule has 2 aromatic carbocycles. The van der Waals surface area contributed by atoms with Crippen molar-refractivity contribution in [2.75, 3.05) is 17.2 Å². The van der Waals surface area contributed by atoms with Gasteiger partial charge in [0.25, 0.3) is 0 Å². The summed E-state index contributed by atoms with van der Waals surface area (Å²) in [4.78, 5) is 12.4. The maximum Gasteiger partial charge on any atom is 0.243 e. The molecule has 0 aliphatic heterocycles. The van der Waals surface area contributed by atoms with E-state index in [-0.39, 0.29) is 24.2 Å². The third-order valence-electron chi connectivity index (χ3n) is 4.31. The Labute approximate surface area is 169 Å². The molecule has 1 amide bonds. The number of ether oxygens (including phenoxy) is 1. The van der Waals surface area contributed by atoms with Gasteiger partial charge in [-0.3, -0.25) is 4.79 Å². The summed E-state index contributed by atoms with van der Waals surface area (Å²) in [7, 11) is 0. The van der Waals surface area contributed by atoms with E-state index in [0.717, 1.165) is 11.4 Å². The summed E-state index contributed by atoms with van der Waals surface area (Å²) in [5, 5.41) is 10.2. The second-order valence-electron chi connectivity index (χ2n) is 7.00. The van der Waals surface area contributed by atoms with E-state index in [9.17, 15) is 9.18 Å². The summed E-state index contributed by atoms with van der Waals surface area (Å²) in [5.41, 5.74) is 3.34. The zero-order chi connectivity index (χ0) is 21.0. The molecule has 0 fully saturated rings. The Kier molecular flexibility index (Phi) is 6.16. The number of hydrogen-bond acceptors (Lipinski definition) is 4. The normalized spacial score (nSPS) is 10.8. The first-order valence-corrected chi connectivity index (χ1v) is 9.46. The second kappa shape index (κ2) is 8.77. The third kappa shape index (κ3) is 4.93. The molecule has 6 nitrogen and oxygen atoms in total. The minimum Gasteiger partial charge on any atom is -0.491 e. The molecule has 1 aromatic heterocycles. The quantitative estimate of drug-likeness (QED) is 0.618. The fourth-order valence-corrected chi connectivity index (χ4v) is 2.99. The Bertz CT molecular complexity index is 1000. The van der Waals surface area contributed by atoms with Gasteiger partial charge in [-0.15, -0.1) is 0 Å². The molecule has 29 heavy (non-hydrogen) atoms. The molecule has 1 heterocycles. The van der Waals surface area contributed by atoms with Crippen LogP contribution in [0.2, 0.25) is 0 Å². The number of amides is 1. The van der Waals surface area contributed by atoms with Crippen molar-refractivity contribution in [1.29, 1.82) is 0 Å². The number of carbonyl (C=O) groups is 1. The average Bonchev–Trinajstić information content (AvgIpc) is 2.96. The Morgan fingerprint density at radius 3 is 2.55 bits per heavy atom. The van der Waals surface area contributed by atoms with E-state index >= 15 is 0 Å². The number of aromatic nitrogens is 2. The molecule has 0 spiro atoms. The SMILES string of the molecule is Cc1nn(-c2ccccc2)c(C)c1NC(=O)CNc1ccc(OC(C)C)cc1F. The highest BCUT2D eigenvalue weighted by Gasteiger charge is 2.15. The average molecular weight is 396 g/mol. The van der Waals surface area contributed by atoms with Crippen LogP contribution in [0.1, 0.15) is 25.2 Å². The topological polar surface area (TPSA) is 68.2 Å². The van der Waals surface area contributed by atoms with Gasteiger partial charge in [-0.05, 0) is 52.0 Å². The van der Waals surface area contributed by atoms with Crippen molar-refractivity contribution in [3.05, 3.63) is 65.7 Å². The van der Waals surface area contributed by atoms with Crippen LogP contribution in [-0.2, 0) is 4.79 Å². The number of nitrogens with zero attached hydrogens (tertiary/aromatic N) is 2. The van der Waals surface area contributed by atoms with Crippen LogP contribution in [0, 0.1) is 19.7 Å². The highest BCUT2D eigenvalue weighted by atomic mass is 19.1. The summed E-state index contributed by atoms with van der Waals surface area (Å²) in [5.74, 6) is -0.307. The van der Waals surface area contributed by atoms with Gasteiger partial charge in [0.1, 0.15) is 11.6 Å². The predicted octanol–water partition coefficient (Wildman–Crippen LogP) is 4.47. The van der Waals surface area contributed by atoms with Crippen LogP contribution in [0.3, 0.4) is 0 Å². The largest absolute Gasteiger partial charge is 0.491 e. The van der Waals surface area contributed by atoms with Gasteiger partial charge in [-0.2, -0.15) is 5.10 Å². The highest BCUT2D eigenvalue weighted by molar-refractivity contribution is 5.94. The van der Waals surface area contributed by atoms with E-state index in [0.29, 0.717) is 17.1 Å². The third-order valence-corrected chi connectivity index (χ3v) is 4.31. The van der Waals surface area contributed by atoms with Crippen molar-refractivity contribution in [3.8, 4) is 11.4 Å². The van der Waals surface area contributed by atoms with Crippen molar-refractivity contribution < 1.29 is 13.9 Å². The Hall–Kier alpha value is -3.35. The van der Waals surface area contributed by atoms with Gasteiger partial charge >= 0.3 is 0 Å². The zero-order valence-electron chi connectivity index (χ0n) is 17.0. The molecule has 3 rings (SSSR count). The number of hydrogen-bond donors (Lipinski definition) is 2. The van der Waals surface area contributed by atoms with E-state index < -0.39 is 5.82 Å². The number of benzene rings is 2. The maximum absolute atomic E-state index is 14.2. The standard InChI is InChI=1S/C22H25FN4O2/c1-14(2)29-18-10-11-20(19(23)12-18)24-13-21(28)25-22-15(3)26-27(16(22)4)17-8-6-5-7-9-17/h5-12,14,24H,13H2,1-4H3,(H,25,28). The summed E-state index contributed by atoms with van der Waals surface area (Å²) in [6, 6.07) is 14.2. The van der Waals surface area contributed by atoms with Crippen molar-refractivity contribution in [3.63, 3.8) is 0 Å². The Morgan fingerprint density at radius 2 is 1.90 bits per heavy atom. The molecule has 0 atom stereocenters. The molecule has 0 saturated carbocycles. The van der Waals surface area contributed by atoms with Crippen molar-refractivity contribution in [1.82, 2.24) is 9.78 Å². The van der Waals surface area contributed by atoms with Crippen LogP contribution < -0.4 is 15.4 Å². The zero-order valence-corrected chi connectivity index (χ0v) is 17.0. The van der Waals surface area contributed by atoms with Crippen molar-refractivity contribution in [2.24, 2.45) is 0 Å². The van der Waals surface area contributed by atoms with Crippen LogP contribution in [0.4, 0.5) is 15.8 Å². The van der Waals surface area contributed by atoms with Crippen LogP contribution in [0.25, 0.3) is 5.69 Å². The molecule has 152 valence electrons. The summed E-state index contributed by atoms with van der Waals surface area (Å²) >= 11 is 0. The number of halogens is 1. The first kappa shape index (κ1) is 20.4. The molecule has 0 saturated heterocycles. The van der Waals surface area contributed by atoms with Gasteiger partial charge in [0, 0.05) is 6.07 Å². The highest BCUT2D eigenvalue weighted by Crippen LogP contribution is 2.23. The van der Waals surface area contributed by atoms with E-state index in [4.69, 9.17) is 4.74 Å². The van der Waals surface area contributed by atoms with Gasteiger partial charge in [0.05, 0.1) is 41.1 Å². The van der Waals surface area contributed by atoms with Crippen LogP contribution in [0.5, 0.6) is 5.75 Å². The summed E-state index contributed by atoms with van der Waals surface area (Å²) in [6.45, 7) is 7.40. The van der Waals surface area contributed by atoms with Crippen LogP contribution in [-0.4, -0.2) is 28.3 Å². The maximum atomic E-state index is 14.2. The number of aryl methyl sites for hydroxylation is 1. The predicted molar refractivity (Wildman–Crippen MR) is 112 cm³/mol. The molecule has 3 aromatic rings. The smallest absolute Gasteiger partial charge is 0.243 e. The van der Waals surface area contributed by atoms with E-state index in [1.54, 1.807) is 16.8 Å². The van der Waals surface area contributed by atoms with E-state index in [1.165, 1.54) is 6.07 Å². The molecule has 0 unspecified atom stereocenters. The lowest BCUT2D eigenvalue weighted by Crippen LogP contribution is -2.22. The number of carbonyl (C=O) groups excluding carboxylic acids is 1. The molecule has 7 heteroatoms. The number of para-hydroxylation sites is 1. The molecular formula is C22H25FN4O2. The lowest BCUT2D eigenvalue weighted by molar-refractivity contribution is -0.114. The lowest BCUT2D eigenvalue weighted by Gasteiger charge is -2.12. The van der Waals surface area contributed by atoms with E-state index in [2.05, 4.69) is 15.7 Å². The lowest BCUT2D eigenvalue weighted by atomic mass is 10.2. The van der Waals surface area contributed by atoms with Gasteiger partial charge in [-0.25, -0.2) is 9.07 Å². The first-order valence-electron chi connectivity index (χ1n) is 9.46. The molecule has 0 aliphatic carbocycles. The van der Waals surface area contributed by atoms with E-state index in [1.807, 2.05) is 58.0 Å². The molecule has 2 N–H and O–H groups in total. The number of nitrogens with one attached hydrogen (secondary N) is 2. The van der Waals surface area contributed by atoms with Gasteiger partial charge in [0.15, 0.2) is 0 Å². The molecule has 0 radical (unpaired) electrons. The van der Waals surface area contributed by atoms with Gasteiger partial charge < -0.3 is 15.4 Å². The van der Waals surface area contributed by atoms with Gasteiger partial charge in [-0.1, -0.05) is 18.2 Å². The second-order valence-corrected chi connectivity index (χ2v) is 7.00. The Morgan fingerprint density at radius 1 is 1.17 bits per heavy atom. The van der Waals surface area contributed by atoms with Gasteiger partial charge in [0.2, 0.25) is 5.91 Å². The minimum atomic E-state index is -0.472. The van der Waals surface area contributed by atoms with Crippen LogP contribution in [0.15, 0.2) is 48.5 Å². The molecule has 0 bridgehead atoms. The Balaban J connectivity index is 1.65. The first-order chi connectivity index (χ1) is 13.8. The molecular weight excluding hydrogens is 371 g/mol. The monoisotopic (exact) mass is 396 g/mol. The van der Waals surface area contributed by atoms with Crippen molar-refractivity contribution >= 4 is 17.3 Å². The number of anilines is 2. The molecule has 0 aliphatic rings. The van der Waals surface area contributed by atoms with Crippen molar-refractivity contribution in [2.45, 2.75) is 33.8 Å². The summed E-state index contributed by atoms with van der Waals surface area (Å²) in [6.07, 6.45) is -0.0396. The van der Waals surface area contributed by atoms with Crippen LogP contribution >= 0.6 is 0 Å².